The lowest BCUT2D eigenvalue weighted by Crippen LogP contribution is -2.55. The van der Waals surface area contributed by atoms with Crippen molar-refractivity contribution < 1.29 is 53.8 Å². The highest BCUT2D eigenvalue weighted by atomic mass is 19.4. The van der Waals surface area contributed by atoms with E-state index >= 15 is 0 Å². The summed E-state index contributed by atoms with van der Waals surface area (Å²) < 4.78 is 124. The third-order valence-corrected chi connectivity index (χ3v) is 3.49. The first-order valence-electron chi connectivity index (χ1n) is 7.31. The molecule has 0 amide bonds. The molecule has 1 aliphatic rings. The third-order valence-electron chi connectivity index (χ3n) is 3.49. The van der Waals surface area contributed by atoms with Crippen molar-refractivity contribution in [1.82, 2.24) is 4.90 Å². The predicted octanol–water partition coefficient (Wildman–Crippen LogP) is 3.11. The van der Waals surface area contributed by atoms with E-state index in [1.807, 2.05) is 0 Å². The third kappa shape index (κ3) is 5.38. The predicted molar refractivity (Wildman–Crippen MR) is 68.3 cm³/mol. The van der Waals surface area contributed by atoms with Crippen LogP contribution >= 0.6 is 0 Å². The summed E-state index contributed by atoms with van der Waals surface area (Å²) in [4.78, 5) is 12.9. The molecule has 0 bridgehead atoms. The molecule has 1 rings (SSSR count). The van der Waals surface area contributed by atoms with Gasteiger partial charge in [-0.2, -0.15) is 39.5 Å². The van der Waals surface area contributed by atoms with Crippen molar-refractivity contribution in [2.24, 2.45) is 0 Å². The van der Waals surface area contributed by atoms with Gasteiger partial charge in [0.05, 0.1) is 19.6 Å². The maximum Gasteiger partial charge on any atom is 0.459 e. The summed E-state index contributed by atoms with van der Waals surface area (Å²) in [6, 6.07) is 0. The zero-order valence-electron chi connectivity index (χ0n) is 13.4. The van der Waals surface area contributed by atoms with E-state index in [1.165, 1.54) is 0 Å². The highest BCUT2D eigenvalue weighted by Crippen LogP contribution is 2.50. The van der Waals surface area contributed by atoms with Crippen LogP contribution in [0, 0.1) is 0 Å². The molecule has 154 valence electrons. The Morgan fingerprint density at radius 3 is 2.00 bits per heavy atom. The molecule has 0 aromatic rings. The van der Waals surface area contributed by atoms with Gasteiger partial charge in [0.2, 0.25) is 0 Å². The fourth-order valence-electron chi connectivity index (χ4n) is 2.12. The Morgan fingerprint density at radius 1 is 1.04 bits per heavy atom. The topological polar surface area (TPSA) is 38.8 Å². The van der Waals surface area contributed by atoms with E-state index in [2.05, 4.69) is 4.74 Å². The van der Waals surface area contributed by atoms with Crippen molar-refractivity contribution in [3.8, 4) is 0 Å². The Bertz CT molecular complexity index is 490. The van der Waals surface area contributed by atoms with Gasteiger partial charge in [-0.3, -0.25) is 4.90 Å². The molecule has 13 heteroatoms. The van der Waals surface area contributed by atoms with E-state index in [9.17, 15) is 44.3 Å². The van der Waals surface area contributed by atoms with Crippen molar-refractivity contribution >= 4 is 5.97 Å². The fourth-order valence-corrected chi connectivity index (χ4v) is 2.12. The van der Waals surface area contributed by atoms with Crippen molar-refractivity contribution in [3.05, 3.63) is 0 Å². The quantitative estimate of drug-likeness (QED) is 0.482. The van der Waals surface area contributed by atoms with Crippen LogP contribution in [0.4, 0.5) is 39.5 Å². The van der Waals surface area contributed by atoms with Crippen LogP contribution in [0.1, 0.15) is 13.3 Å². The Balaban J connectivity index is 2.71. The number of alkyl halides is 9. The lowest BCUT2D eigenvalue weighted by molar-refractivity contribution is -0.362. The van der Waals surface area contributed by atoms with E-state index < -0.39 is 42.4 Å². The van der Waals surface area contributed by atoms with E-state index in [0.717, 1.165) is 6.92 Å². The minimum Gasteiger partial charge on any atom is -0.457 e. The number of hydrogen-bond acceptors (Lipinski definition) is 4. The van der Waals surface area contributed by atoms with Gasteiger partial charge in [-0.1, -0.05) is 0 Å². The van der Waals surface area contributed by atoms with Crippen LogP contribution in [0.15, 0.2) is 0 Å². The summed E-state index contributed by atoms with van der Waals surface area (Å²) in [5, 5.41) is 0. The van der Waals surface area contributed by atoms with Crippen LogP contribution < -0.4 is 0 Å². The molecule has 1 heterocycles. The van der Waals surface area contributed by atoms with E-state index in [0.29, 0.717) is 26.3 Å². The number of halogens is 9. The lowest BCUT2D eigenvalue weighted by atomic mass is 10.0. The zero-order valence-corrected chi connectivity index (χ0v) is 13.4. The Labute approximate surface area is 142 Å². The molecule has 1 aliphatic heterocycles. The van der Waals surface area contributed by atoms with E-state index in [4.69, 9.17) is 4.74 Å². The summed E-state index contributed by atoms with van der Waals surface area (Å²) in [7, 11) is 0. The van der Waals surface area contributed by atoms with Crippen LogP contribution in [0.5, 0.6) is 0 Å². The summed E-state index contributed by atoms with van der Waals surface area (Å²) in [6.45, 7) is 2.50. The van der Waals surface area contributed by atoms with Gasteiger partial charge in [0.1, 0.15) is 6.10 Å². The molecule has 0 aliphatic carbocycles. The molecule has 1 unspecified atom stereocenters. The zero-order chi connectivity index (χ0) is 20.4. The van der Waals surface area contributed by atoms with Gasteiger partial charge in [0.25, 0.3) is 0 Å². The highest BCUT2D eigenvalue weighted by Gasteiger charge is 2.75. The molecule has 1 saturated heterocycles. The first-order chi connectivity index (χ1) is 11.6. The maximum atomic E-state index is 13.5. The maximum absolute atomic E-state index is 13.5. The standard InChI is InChI=1S/C13H16F9NO3/c1-8(6-23-2-4-25-5-3-23)26-9(24)10(14,15)7-11(16,17)12(18,19)13(20,21)22/h8H,2-7H2,1H3. The molecular formula is C13H16F9NO3. The van der Waals surface area contributed by atoms with Crippen molar-refractivity contribution in [2.75, 3.05) is 32.8 Å². The number of esters is 1. The van der Waals surface area contributed by atoms with Crippen LogP contribution in [-0.2, 0) is 14.3 Å². The molecule has 0 saturated carbocycles. The number of hydrogen-bond donors (Lipinski definition) is 0. The molecule has 4 nitrogen and oxygen atoms in total. The highest BCUT2D eigenvalue weighted by molar-refractivity contribution is 5.77. The molecular weight excluding hydrogens is 389 g/mol. The van der Waals surface area contributed by atoms with Crippen molar-refractivity contribution in [2.45, 2.75) is 43.4 Å². The second-order valence-corrected chi connectivity index (χ2v) is 5.79. The van der Waals surface area contributed by atoms with Gasteiger partial charge in [0, 0.05) is 19.6 Å². The molecule has 26 heavy (non-hydrogen) atoms. The second-order valence-electron chi connectivity index (χ2n) is 5.79. The molecule has 0 N–H and O–H groups in total. The van der Waals surface area contributed by atoms with Gasteiger partial charge < -0.3 is 9.47 Å². The van der Waals surface area contributed by atoms with Gasteiger partial charge in [-0.25, -0.2) is 4.79 Å². The van der Waals surface area contributed by atoms with Crippen LogP contribution in [0.25, 0.3) is 0 Å². The molecule has 0 aromatic heterocycles. The van der Waals surface area contributed by atoms with Gasteiger partial charge >= 0.3 is 29.9 Å². The minimum absolute atomic E-state index is 0.0692. The molecule has 0 aromatic carbocycles. The number of rotatable bonds is 7. The van der Waals surface area contributed by atoms with Crippen LogP contribution in [-0.4, -0.2) is 73.8 Å². The first kappa shape index (κ1) is 22.8. The lowest BCUT2D eigenvalue weighted by Gasteiger charge is -2.31. The van der Waals surface area contributed by atoms with Crippen molar-refractivity contribution in [1.29, 1.82) is 0 Å². The monoisotopic (exact) mass is 405 g/mol. The first-order valence-corrected chi connectivity index (χ1v) is 7.31. The smallest absolute Gasteiger partial charge is 0.457 e. The Morgan fingerprint density at radius 2 is 1.54 bits per heavy atom. The molecule has 0 radical (unpaired) electrons. The normalized spacial score (nSPS) is 19.3. The van der Waals surface area contributed by atoms with Gasteiger partial charge in [0.15, 0.2) is 0 Å². The summed E-state index contributed by atoms with van der Waals surface area (Å²) in [5.74, 6) is -20.8. The fraction of sp³-hybridized carbons (Fsp3) is 0.923. The number of nitrogens with zero attached hydrogens (tertiary/aromatic N) is 1. The largest absolute Gasteiger partial charge is 0.459 e. The summed E-state index contributed by atoms with van der Waals surface area (Å²) in [6.07, 6.45) is -11.3. The molecule has 0 spiro atoms. The summed E-state index contributed by atoms with van der Waals surface area (Å²) >= 11 is 0. The SMILES string of the molecule is CC(CN1CCOCC1)OC(=O)C(F)(F)CC(F)(F)C(F)(F)C(F)(F)F. The number of carbonyl (C=O) groups is 1. The van der Waals surface area contributed by atoms with E-state index in [-0.39, 0.29) is 6.54 Å². The average molecular weight is 405 g/mol. The second kappa shape index (κ2) is 7.79. The number of ether oxygens (including phenoxy) is 2. The van der Waals surface area contributed by atoms with Gasteiger partial charge in [-0.15, -0.1) is 0 Å². The molecule has 1 atom stereocenters. The minimum atomic E-state index is -6.76. The number of morpholine rings is 1. The van der Waals surface area contributed by atoms with Crippen molar-refractivity contribution in [3.63, 3.8) is 0 Å². The summed E-state index contributed by atoms with van der Waals surface area (Å²) in [5.41, 5.74) is 0. The van der Waals surface area contributed by atoms with Crippen LogP contribution in [0.2, 0.25) is 0 Å². The van der Waals surface area contributed by atoms with E-state index in [1.54, 1.807) is 4.90 Å². The van der Waals surface area contributed by atoms with Gasteiger partial charge in [-0.05, 0) is 6.92 Å². The average Bonchev–Trinajstić information content (AvgIpc) is 2.45. The Kier molecular flexibility index (Phi) is 6.83. The molecule has 1 fully saturated rings. The number of carbonyl (C=O) groups excluding carboxylic acids is 1. The Hall–Kier alpha value is -1.24. The van der Waals surface area contributed by atoms with Crippen LogP contribution in [0.3, 0.4) is 0 Å².